The van der Waals surface area contributed by atoms with Crippen molar-refractivity contribution in [3.05, 3.63) is 41.0 Å². The molecule has 0 radical (unpaired) electrons. The number of nitrogens with one attached hydrogen (secondary N) is 1. The lowest BCUT2D eigenvalue weighted by atomic mass is 10.2. The average molecular weight is 316 g/mol. The average Bonchev–Trinajstić information content (AvgIpc) is 2.74. The van der Waals surface area contributed by atoms with Gasteiger partial charge in [-0.1, -0.05) is 0 Å². The first-order valence-electron chi connectivity index (χ1n) is 7.24. The summed E-state index contributed by atoms with van der Waals surface area (Å²) in [6, 6.07) is 3.33. The number of anilines is 1. The summed E-state index contributed by atoms with van der Waals surface area (Å²) in [4.78, 5) is 28.2. The minimum absolute atomic E-state index is 0.309. The molecule has 0 spiro atoms. The molecule has 0 aromatic carbocycles. The monoisotopic (exact) mass is 316 g/mol. The van der Waals surface area contributed by atoms with Crippen molar-refractivity contribution in [3.63, 3.8) is 0 Å². The van der Waals surface area contributed by atoms with E-state index in [9.17, 15) is 9.59 Å². The maximum absolute atomic E-state index is 12.2. The number of aromatic nitrogens is 3. The minimum Gasteiger partial charge on any atom is -0.449 e. The van der Waals surface area contributed by atoms with Gasteiger partial charge in [-0.25, -0.2) is 4.79 Å². The fraction of sp³-hybridized carbons (Fsp3) is 0.375. The Kier molecular flexibility index (Phi) is 4.78. The molecule has 7 heteroatoms. The van der Waals surface area contributed by atoms with Crippen LogP contribution in [0, 0.1) is 20.8 Å². The van der Waals surface area contributed by atoms with Crippen LogP contribution in [0.5, 0.6) is 0 Å². The SMILES string of the molecule is Cc1ccc(C(=O)OC(C)C(=O)Nc2c(C)nn(C)c2C)cn1. The van der Waals surface area contributed by atoms with Crippen LogP contribution in [-0.4, -0.2) is 32.7 Å². The Hall–Kier alpha value is -2.70. The lowest BCUT2D eigenvalue weighted by molar-refractivity contribution is -0.123. The van der Waals surface area contributed by atoms with Crippen molar-refractivity contribution in [2.75, 3.05) is 5.32 Å². The van der Waals surface area contributed by atoms with E-state index in [-0.39, 0.29) is 0 Å². The molecule has 1 N–H and O–H groups in total. The number of hydrogen-bond acceptors (Lipinski definition) is 5. The molecule has 0 saturated heterocycles. The third-order valence-electron chi connectivity index (χ3n) is 3.56. The van der Waals surface area contributed by atoms with Crippen molar-refractivity contribution >= 4 is 17.6 Å². The van der Waals surface area contributed by atoms with Gasteiger partial charge in [0.25, 0.3) is 5.91 Å². The molecule has 0 aliphatic carbocycles. The summed E-state index contributed by atoms with van der Waals surface area (Å²) in [5.74, 6) is -0.989. The maximum Gasteiger partial charge on any atom is 0.340 e. The highest BCUT2D eigenvalue weighted by Gasteiger charge is 2.21. The number of pyridine rings is 1. The van der Waals surface area contributed by atoms with Gasteiger partial charge >= 0.3 is 5.97 Å². The highest BCUT2D eigenvalue weighted by Crippen LogP contribution is 2.18. The van der Waals surface area contributed by atoms with E-state index in [0.29, 0.717) is 16.9 Å². The predicted molar refractivity (Wildman–Crippen MR) is 85.2 cm³/mol. The fourth-order valence-electron chi connectivity index (χ4n) is 2.05. The molecule has 0 fully saturated rings. The summed E-state index contributed by atoms with van der Waals surface area (Å²) in [7, 11) is 1.80. The van der Waals surface area contributed by atoms with Crippen LogP contribution in [0.25, 0.3) is 0 Å². The van der Waals surface area contributed by atoms with Crippen molar-refractivity contribution in [1.29, 1.82) is 0 Å². The second kappa shape index (κ2) is 6.60. The normalized spacial score (nSPS) is 11.9. The lowest BCUT2D eigenvalue weighted by Crippen LogP contribution is -2.30. The molecule has 2 heterocycles. The van der Waals surface area contributed by atoms with E-state index in [1.54, 1.807) is 30.8 Å². The van der Waals surface area contributed by atoms with E-state index < -0.39 is 18.0 Å². The van der Waals surface area contributed by atoms with Crippen molar-refractivity contribution in [1.82, 2.24) is 14.8 Å². The van der Waals surface area contributed by atoms with Gasteiger partial charge in [0.15, 0.2) is 6.10 Å². The Morgan fingerprint density at radius 1 is 1.26 bits per heavy atom. The summed E-state index contributed by atoms with van der Waals surface area (Å²) in [5.41, 5.74) is 3.29. The van der Waals surface area contributed by atoms with E-state index in [0.717, 1.165) is 11.4 Å². The topological polar surface area (TPSA) is 86.1 Å². The molecule has 1 atom stereocenters. The molecule has 0 saturated carbocycles. The van der Waals surface area contributed by atoms with Gasteiger partial charge in [0.1, 0.15) is 0 Å². The summed E-state index contributed by atoms with van der Waals surface area (Å²) in [6.45, 7) is 7.00. The van der Waals surface area contributed by atoms with Crippen molar-refractivity contribution in [3.8, 4) is 0 Å². The number of carbonyl (C=O) groups is 2. The predicted octanol–water partition coefficient (Wildman–Crippen LogP) is 1.92. The standard InChI is InChI=1S/C16H20N4O3/c1-9-6-7-13(8-17-9)16(22)23-12(4)15(21)18-14-10(2)19-20(5)11(14)3/h6-8,12H,1-5H3,(H,18,21). The van der Waals surface area contributed by atoms with Crippen LogP contribution >= 0.6 is 0 Å². The highest BCUT2D eigenvalue weighted by molar-refractivity contribution is 5.97. The molecular weight excluding hydrogens is 296 g/mol. The summed E-state index contributed by atoms with van der Waals surface area (Å²) in [5, 5.41) is 6.98. The zero-order chi connectivity index (χ0) is 17.1. The van der Waals surface area contributed by atoms with Crippen molar-refractivity contribution < 1.29 is 14.3 Å². The zero-order valence-electron chi connectivity index (χ0n) is 13.9. The third kappa shape index (κ3) is 3.74. The van der Waals surface area contributed by atoms with Crippen LogP contribution in [-0.2, 0) is 16.6 Å². The zero-order valence-corrected chi connectivity index (χ0v) is 13.9. The Bertz CT molecular complexity index is 735. The molecule has 0 aliphatic heterocycles. The van der Waals surface area contributed by atoms with Crippen LogP contribution in [0.15, 0.2) is 18.3 Å². The maximum atomic E-state index is 12.2. The largest absolute Gasteiger partial charge is 0.449 e. The van der Waals surface area contributed by atoms with Gasteiger partial charge in [0, 0.05) is 18.9 Å². The molecule has 2 aromatic heterocycles. The second-order valence-corrected chi connectivity index (χ2v) is 5.39. The van der Waals surface area contributed by atoms with E-state index in [1.807, 2.05) is 13.8 Å². The highest BCUT2D eigenvalue weighted by atomic mass is 16.5. The quantitative estimate of drug-likeness (QED) is 0.871. The van der Waals surface area contributed by atoms with Gasteiger partial charge in [0.2, 0.25) is 0 Å². The van der Waals surface area contributed by atoms with E-state index in [1.165, 1.54) is 13.1 Å². The molecule has 0 bridgehead atoms. The number of nitrogens with zero attached hydrogens (tertiary/aromatic N) is 3. The molecule has 122 valence electrons. The molecule has 1 amide bonds. The fourth-order valence-corrected chi connectivity index (χ4v) is 2.05. The molecule has 2 rings (SSSR count). The van der Waals surface area contributed by atoms with Crippen LogP contribution < -0.4 is 5.32 Å². The Morgan fingerprint density at radius 2 is 1.96 bits per heavy atom. The van der Waals surface area contributed by atoms with Gasteiger partial charge in [-0.2, -0.15) is 5.10 Å². The van der Waals surface area contributed by atoms with Gasteiger partial charge in [-0.05, 0) is 39.8 Å². The molecule has 2 aromatic rings. The number of amides is 1. The molecule has 7 nitrogen and oxygen atoms in total. The minimum atomic E-state index is -0.928. The van der Waals surface area contributed by atoms with E-state index in [4.69, 9.17) is 4.74 Å². The smallest absolute Gasteiger partial charge is 0.340 e. The lowest BCUT2D eigenvalue weighted by Gasteiger charge is -2.13. The van der Waals surface area contributed by atoms with Crippen molar-refractivity contribution in [2.24, 2.45) is 7.05 Å². The van der Waals surface area contributed by atoms with Crippen LogP contribution in [0.1, 0.15) is 34.4 Å². The van der Waals surface area contributed by atoms with Gasteiger partial charge < -0.3 is 10.1 Å². The molecular formula is C16H20N4O3. The number of carbonyl (C=O) groups excluding carboxylic acids is 2. The number of aryl methyl sites for hydroxylation is 3. The van der Waals surface area contributed by atoms with E-state index in [2.05, 4.69) is 15.4 Å². The number of rotatable bonds is 4. The molecule has 1 unspecified atom stereocenters. The number of ether oxygens (including phenoxy) is 1. The van der Waals surface area contributed by atoms with Gasteiger partial charge in [0.05, 0.1) is 22.6 Å². The van der Waals surface area contributed by atoms with Gasteiger partial charge in [-0.15, -0.1) is 0 Å². The molecule has 23 heavy (non-hydrogen) atoms. The third-order valence-corrected chi connectivity index (χ3v) is 3.56. The Labute approximate surface area is 134 Å². The first-order valence-corrected chi connectivity index (χ1v) is 7.24. The van der Waals surface area contributed by atoms with Crippen LogP contribution in [0.4, 0.5) is 5.69 Å². The Morgan fingerprint density at radius 3 is 2.48 bits per heavy atom. The number of esters is 1. The second-order valence-electron chi connectivity index (χ2n) is 5.39. The van der Waals surface area contributed by atoms with Crippen LogP contribution in [0.3, 0.4) is 0 Å². The van der Waals surface area contributed by atoms with Crippen LogP contribution in [0.2, 0.25) is 0 Å². The molecule has 0 aliphatic rings. The first-order chi connectivity index (χ1) is 10.8. The first kappa shape index (κ1) is 16.7. The summed E-state index contributed by atoms with van der Waals surface area (Å²) in [6.07, 6.45) is 0.500. The van der Waals surface area contributed by atoms with Crippen molar-refractivity contribution in [2.45, 2.75) is 33.8 Å². The Balaban J connectivity index is 2.02. The number of hydrogen-bond donors (Lipinski definition) is 1. The summed E-state index contributed by atoms with van der Waals surface area (Å²) >= 11 is 0. The summed E-state index contributed by atoms with van der Waals surface area (Å²) < 4.78 is 6.86. The van der Waals surface area contributed by atoms with E-state index >= 15 is 0 Å². The van der Waals surface area contributed by atoms with Gasteiger partial charge in [-0.3, -0.25) is 14.5 Å².